The Labute approximate surface area is 188 Å². The predicted molar refractivity (Wildman–Crippen MR) is 127 cm³/mol. The summed E-state index contributed by atoms with van der Waals surface area (Å²) in [7, 11) is 0.991. The highest BCUT2D eigenvalue weighted by Gasteiger charge is 2.26. The fourth-order valence-corrected chi connectivity index (χ4v) is 4.75. The summed E-state index contributed by atoms with van der Waals surface area (Å²) >= 11 is 0. The minimum atomic E-state index is -3.68. The molecule has 0 aliphatic carbocycles. The van der Waals surface area contributed by atoms with Crippen molar-refractivity contribution in [2.24, 2.45) is 0 Å². The van der Waals surface area contributed by atoms with Crippen LogP contribution in [0.2, 0.25) is 0 Å². The maximum absolute atomic E-state index is 13.7. The number of hydrogen-bond donors (Lipinski definition) is 0. The number of carbonyl (C=O) groups excluding carboxylic acids is 1. The van der Waals surface area contributed by atoms with Crippen molar-refractivity contribution in [3.8, 4) is 0 Å². The number of fused-ring (bicyclic) bond motifs is 1. The molecule has 0 spiro atoms. The van der Waals surface area contributed by atoms with E-state index in [-0.39, 0.29) is 10.8 Å². The summed E-state index contributed by atoms with van der Waals surface area (Å²) in [6.07, 6.45) is 0. The third-order valence-corrected chi connectivity index (χ3v) is 7.56. The van der Waals surface area contributed by atoms with Crippen molar-refractivity contribution in [1.29, 1.82) is 0 Å². The van der Waals surface area contributed by atoms with Crippen molar-refractivity contribution in [3.05, 3.63) is 66.2 Å². The van der Waals surface area contributed by atoms with Crippen molar-refractivity contribution in [1.82, 2.24) is 4.31 Å². The zero-order valence-corrected chi connectivity index (χ0v) is 19.3. The van der Waals surface area contributed by atoms with Gasteiger partial charge in [-0.25, -0.2) is 12.7 Å². The number of sulfonamides is 1. The van der Waals surface area contributed by atoms with Gasteiger partial charge in [-0.2, -0.15) is 0 Å². The number of ether oxygens (including phenoxy) is 1. The van der Waals surface area contributed by atoms with E-state index in [4.69, 9.17) is 4.74 Å². The minimum Gasteiger partial charge on any atom is -0.378 e. The van der Waals surface area contributed by atoms with E-state index in [1.807, 2.05) is 42.5 Å². The molecule has 8 heteroatoms. The summed E-state index contributed by atoms with van der Waals surface area (Å²) in [5.74, 6) is -0.266. The standard InChI is InChI=1S/C24H27N3O4S/c1-25(2)32(29,30)21-10-11-23(27-12-14-31-15-13-27)22(17-21)24(28)26(3)20-9-8-18-6-4-5-7-19(18)16-20/h4-11,16-17H,12-15H2,1-3H3. The second-order valence-corrected chi connectivity index (χ2v) is 10.1. The molecule has 0 atom stereocenters. The Balaban J connectivity index is 1.78. The lowest BCUT2D eigenvalue weighted by molar-refractivity contribution is 0.0991. The molecule has 0 N–H and O–H groups in total. The summed E-state index contributed by atoms with van der Waals surface area (Å²) in [6, 6.07) is 18.6. The molecule has 1 saturated heterocycles. The molecule has 3 aromatic rings. The quantitative estimate of drug-likeness (QED) is 0.593. The third-order valence-electron chi connectivity index (χ3n) is 5.75. The van der Waals surface area contributed by atoms with Crippen LogP contribution in [-0.4, -0.2) is 66.1 Å². The van der Waals surface area contributed by atoms with E-state index < -0.39 is 10.0 Å². The highest BCUT2D eigenvalue weighted by Crippen LogP contribution is 2.29. The molecule has 7 nitrogen and oxygen atoms in total. The molecule has 0 unspecified atom stereocenters. The number of carbonyl (C=O) groups is 1. The van der Waals surface area contributed by atoms with E-state index in [1.54, 1.807) is 24.1 Å². The molecule has 0 radical (unpaired) electrons. The van der Waals surface area contributed by atoms with Gasteiger partial charge >= 0.3 is 0 Å². The van der Waals surface area contributed by atoms with Gasteiger partial charge in [0.2, 0.25) is 10.0 Å². The second-order valence-electron chi connectivity index (χ2n) is 7.96. The molecule has 1 heterocycles. The van der Waals surface area contributed by atoms with Crippen molar-refractivity contribution < 1.29 is 17.9 Å². The fraction of sp³-hybridized carbons (Fsp3) is 0.292. The minimum absolute atomic E-state index is 0.0924. The van der Waals surface area contributed by atoms with Crippen LogP contribution < -0.4 is 9.80 Å². The Hall–Kier alpha value is -2.94. The van der Waals surface area contributed by atoms with Gasteiger partial charge < -0.3 is 14.5 Å². The van der Waals surface area contributed by atoms with Crippen molar-refractivity contribution in [3.63, 3.8) is 0 Å². The summed E-state index contributed by atoms with van der Waals surface area (Å²) in [5, 5.41) is 2.12. The molecule has 0 bridgehead atoms. The maximum Gasteiger partial charge on any atom is 0.260 e. The molecule has 168 valence electrons. The maximum atomic E-state index is 13.7. The smallest absolute Gasteiger partial charge is 0.260 e. The second kappa shape index (κ2) is 8.90. The largest absolute Gasteiger partial charge is 0.378 e. The Bertz CT molecular complexity index is 1250. The molecule has 1 fully saturated rings. The Morgan fingerprint density at radius 3 is 2.28 bits per heavy atom. The van der Waals surface area contributed by atoms with Crippen LogP contribution in [-0.2, 0) is 14.8 Å². The monoisotopic (exact) mass is 453 g/mol. The molecular weight excluding hydrogens is 426 g/mol. The number of amides is 1. The van der Waals surface area contributed by atoms with E-state index >= 15 is 0 Å². The van der Waals surface area contributed by atoms with Gasteiger partial charge in [-0.3, -0.25) is 4.79 Å². The van der Waals surface area contributed by atoms with E-state index in [0.29, 0.717) is 37.6 Å². The molecule has 1 aliphatic rings. The predicted octanol–water partition coefficient (Wildman–Crippen LogP) is 3.20. The number of rotatable bonds is 5. The molecule has 0 saturated carbocycles. The van der Waals surface area contributed by atoms with Gasteiger partial charge in [-0.1, -0.05) is 30.3 Å². The van der Waals surface area contributed by atoms with Crippen molar-refractivity contribution >= 4 is 38.1 Å². The number of nitrogens with zero attached hydrogens (tertiary/aromatic N) is 3. The average molecular weight is 454 g/mol. The first kappa shape index (κ1) is 22.3. The molecular formula is C24H27N3O4S. The normalized spacial score (nSPS) is 14.7. The van der Waals surface area contributed by atoms with Gasteiger partial charge in [0.15, 0.2) is 0 Å². The topological polar surface area (TPSA) is 70.2 Å². The van der Waals surface area contributed by atoms with Crippen LogP contribution in [0.1, 0.15) is 10.4 Å². The van der Waals surface area contributed by atoms with Crippen LogP contribution in [0, 0.1) is 0 Å². The lowest BCUT2D eigenvalue weighted by atomic mass is 10.1. The van der Waals surface area contributed by atoms with Crippen molar-refractivity contribution in [2.45, 2.75) is 4.90 Å². The first-order valence-electron chi connectivity index (χ1n) is 10.4. The zero-order chi connectivity index (χ0) is 22.9. The van der Waals surface area contributed by atoms with Gasteiger partial charge in [0.25, 0.3) is 5.91 Å². The SMILES string of the molecule is CN(C(=O)c1cc(S(=O)(=O)N(C)C)ccc1N1CCOCC1)c1ccc2ccccc2c1. The van der Waals surface area contributed by atoms with Crippen LogP contribution in [0.5, 0.6) is 0 Å². The summed E-state index contributed by atoms with van der Waals surface area (Å²) in [5.41, 5.74) is 1.80. The lowest BCUT2D eigenvalue weighted by Crippen LogP contribution is -2.38. The molecule has 1 amide bonds. The zero-order valence-electron chi connectivity index (χ0n) is 18.5. The molecule has 1 aliphatic heterocycles. The number of morpholine rings is 1. The van der Waals surface area contributed by atoms with Crippen LogP contribution in [0.25, 0.3) is 10.8 Å². The van der Waals surface area contributed by atoms with E-state index in [2.05, 4.69) is 4.90 Å². The molecule has 4 rings (SSSR count). The third kappa shape index (κ3) is 4.21. The first-order valence-corrected chi connectivity index (χ1v) is 11.9. The van der Waals surface area contributed by atoms with Crippen molar-refractivity contribution in [2.75, 3.05) is 57.2 Å². The first-order chi connectivity index (χ1) is 15.3. The lowest BCUT2D eigenvalue weighted by Gasteiger charge is -2.31. The van der Waals surface area contributed by atoms with Gasteiger partial charge in [-0.15, -0.1) is 0 Å². The molecule has 32 heavy (non-hydrogen) atoms. The molecule has 3 aromatic carbocycles. The number of benzene rings is 3. The summed E-state index contributed by atoms with van der Waals surface area (Å²) in [6.45, 7) is 2.40. The summed E-state index contributed by atoms with van der Waals surface area (Å²) < 4.78 is 32.1. The van der Waals surface area contributed by atoms with E-state index in [0.717, 1.165) is 20.8 Å². The van der Waals surface area contributed by atoms with Gasteiger partial charge in [-0.05, 0) is 41.1 Å². The number of hydrogen-bond acceptors (Lipinski definition) is 5. The average Bonchev–Trinajstić information content (AvgIpc) is 2.82. The summed E-state index contributed by atoms with van der Waals surface area (Å²) in [4.78, 5) is 17.4. The van der Waals surface area contributed by atoms with E-state index in [9.17, 15) is 13.2 Å². The van der Waals surface area contributed by atoms with Crippen LogP contribution >= 0.6 is 0 Å². The van der Waals surface area contributed by atoms with Gasteiger partial charge in [0, 0.05) is 45.6 Å². The highest BCUT2D eigenvalue weighted by atomic mass is 32.2. The Kier molecular flexibility index (Phi) is 6.19. The van der Waals surface area contributed by atoms with E-state index in [1.165, 1.54) is 20.2 Å². The Morgan fingerprint density at radius 2 is 1.59 bits per heavy atom. The Morgan fingerprint density at radius 1 is 0.906 bits per heavy atom. The van der Waals surface area contributed by atoms with Gasteiger partial charge in [0.05, 0.1) is 23.7 Å². The highest BCUT2D eigenvalue weighted by molar-refractivity contribution is 7.89. The number of anilines is 2. The fourth-order valence-electron chi connectivity index (χ4n) is 3.82. The van der Waals surface area contributed by atoms with Crippen LogP contribution in [0.3, 0.4) is 0 Å². The van der Waals surface area contributed by atoms with Crippen LogP contribution in [0.15, 0.2) is 65.6 Å². The van der Waals surface area contributed by atoms with Crippen LogP contribution in [0.4, 0.5) is 11.4 Å². The molecule has 0 aromatic heterocycles. The van der Waals surface area contributed by atoms with Gasteiger partial charge in [0.1, 0.15) is 0 Å².